The lowest BCUT2D eigenvalue weighted by molar-refractivity contribution is -0.167. The summed E-state index contributed by atoms with van der Waals surface area (Å²) in [6, 6.07) is 9.62. The van der Waals surface area contributed by atoms with E-state index in [0.717, 1.165) is 31.5 Å². The van der Waals surface area contributed by atoms with Gasteiger partial charge in [0.2, 0.25) is 5.88 Å². The number of carbonyl (C=O) groups excluding carboxylic acids is 2. The van der Waals surface area contributed by atoms with Gasteiger partial charge in [-0.2, -0.15) is 13.2 Å². The summed E-state index contributed by atoms with van der Waals surface area (Å²) in [7, 11) is 1.58. The van der Waals surface area contributed by atoms with E-state index in [1.165, 1.54) is 18.2 Å². The molecule has 3 rings (SSSR count). The normalized spacial score (nSPS) is 15.5. The lowest BCUT2D eigenvalue weighted by atomic mass is 9.89. The van der Waals surface area contributed by atoms with Crippen LogP contribution in [-0.2, 0) is 11.3 Å². The number of hydrogen-bond donors (Lipinski definition) is 1. The van der Waals surface area contributed by atoms with Crippen LogP contribution in [0, 0.1) is 5.92 Å². The molecule has 1 aliphatic heterocycles. The third-order valence-corrected chi connectivity index (χ3v) is 5.35. The van der Waals surface area contributed by atoms with Crippen LogP contribution in [0.5, 0.6) is 5.88 Å². The van der Waals surface area contributed by atoms with E-state index in [9.17, 15) is 22.8 Å². The van der Waals surface area contributed by atoms with Gasteiger partial charge in [-0.25, -0.2) is 4.98 Å². The topological polar surface area (TPSA) is 71.5 Å². The van der Waals surface area contributed by atoms with E-state index in [0.29, 0.717) is 12.4 Å². The zero-order chi connectivity index (χ0) is 22.4. The summed E-state index contributed by atoms with van der Waals surface area (Å²) in [5.74, 6) is -1.64. The molecule has 0 saturated carbocycles. The third kappa shape index (κ3) is 6.04. The van der Waals surface area contributed by atoms with Crippen LogP contribution in [-0.4, -0.2) is 47.9 Å². The highest BCUT2D eigenvalue weighted by Gasteiger charge is 2.39. The van der Waals surface area contributed by atoms with Crippen molar-refractivity contribution in [3.05, 3.63) is 53.7 Å². The first-order valence-corrected chi connectivity index (χ1v) is 9.98. The van der Waals surface area contributed by atoms with Gasteiger partial charge in [0.1, 0.15) is 0 Å². The maximum Gasteiger partial charge on any atom is 0.471 e. The molecule has 1 aromatic heterocycles. The lowest BCUT2D eigenvalue weighted by Crippen LogP contribution is -2.34. The van der Waals surface area contributed by atoms with E-state index in [2.05, 4.69) is 9.88 Å². The molecule has 0 atom stereocenters. The van der Waals surface area contributed by atoms with Crippen molar-refractivity contribution in [1.29, 1.82) is 0 Å². The Labute approximate surface area is 178 Å². The molecule has 166 valence electrons. The van der Waals surface area contributed by atoms with Gasteiger partial charge >= 0.3 is 12.1 Å². The predicted octanol–water partition coefficient (Wildman–Crippen LogP) is 4.08. The van der Waals surface area contributed by atoms with Crippen molar-refractivity contribution in [2.45, 2.75) is 32.0 Å². The maximum atomic E-state index is 12.8. The number of methoxy groups -OCH3 is 1. The van der Waals surface area contributed by atoms with Crippen molar-refractivity contribution in [2.75, 3.05) is 25.5 Å². The minimum atomic E-state index is -5.01. The molecule has 1 aromatic carbocycles. The molecule has 0 unspecified atom stereocenters. The summed E-state index contributed by atoms with van der Waals surface area (Å²) in [4.78, 5) is 30.5. The number of nitrogens with one attached hydrogen (secondary N) is 1. The average Bonchev–Trinajstić information content (AvgIpc) is 2.75. The molecular weight excluding hydrogens is 411 g/mol. The van der Waals surface area contributed by atoms with E-state index in [1.807, 2.05) is 12.1 Å². The number of hydrogen-bond acceptors (Lipinski definition) is 5. The molecule has 6 nitrogen and oxygen atoms in total. The van der Waals surface area contributed by atoms with Gasteiger partial charge in [-0.15, -0.1) is 0 Å². The summed E-state index contributed by atoms with van der Waals surface area (Å²) in [6.07, 6.45) is -1.52. The number of Topliss-reactive ketones (excluding diaryl/α,β-unsaturated/α-hetero) is 1. The summed E-state index contributed by atoms with van der Waals surface area (Å²) >= 11 is 0. The van der Waals surface area contributed by atoms with Gasteiger partial charge in [0.25, 0.3) is 0 Å². The number of piperidine rings is 1. The summed E-state index contributed by atoms with van der Waals surface area (Å²) in [5.41, 5.74) is 0.979. The number of pyridine rings is 1. The Bertz CT molecular complexity index is 925. The zero-order valence-electron chi connectivity index (χ0n) is 17.1. The predicted molar refractivity (Wildman–Crippen MR) is 109 cm³/mol. The van der Waals surface area contributed by atoms with Crippen LogP contribution in [0.15, 0.2) is 42.6 Å². The van der Waals surface area contributed by atoms with Gasteiger partial charge in [0, 0.05) is 30.3 Å². The SMILES string of the molecule is COc1ncccc1CN1CCC(CC(=O)c2ccccc2NC(=O)C(F)(F)F)CC1. The van der Waals surface area contributed by atoms with Crippen molar-refractivity contribution >= 4 is 17.4 Å². The molecule has 2 aromatic rings. The van der Waals surface area contributed by atoms with Gasteiger partial charge in [0.15, 0.2) is 5.78 Å². The number of halogens is 3. The van der Waals surface area contributed by atoms with Crippen molar-refractivity contribution in [3.8, 4) is 5.88 Å². The molecule has 0 spiro atoms. The van der Waals surface area contributed by atoms with Crippen molar-refractivity contribution < 1.29 is 27.5 Å². The second kappa shape index (κ2) is 9.91. The molecule has 1 aliphatic rings. The highest BCUT2D eigenvalue weighted by molar-refractivity contribution is 6.05. The van der Waals surface area contributed by atoms with Crippen molar-refractivity contribution in [1.82, 2.24) is 9.88 Å². The van der Waals surface area contributed by atoms with Gasteiger partial charge in [-0.1, -0.05) is 18.2 Å². The fraction of sp³-hybridized carbons (Fsp3) is 0.409. The molecule has 1 fully saturated rings. The second-order valence-electron chi connectivity index (χ2n) is 7.52. The molecule has 9 heteroatoms. The summed E-state index contributed by atoms with van der Waals surface area (Å²) in [6.45, 7) is 2.29. The highest BCUT2D eigenvalue weighted by Crippen LogP contribution is 2.27. The number of ketones is 1. The van der Waals surface area contributed by atoms with Crippen molar-refractivity contribution in [2.24, 2.45) is 5.92 Å². The molecule has 2 heterocycles. The number of likely N-dealkylation sites (tertiary alicyclic amines) is 1. The fourth-order valence-electron chi connectivity index (χ4n) is 3.72. The Morgan fingerprint density at radius 3 is 2.55 bits per heavy atom. The Morgan fingerprint density at radius 1 is 1.16 bits per heavy atom. The number of nitrogens with zero attached hydrogens (tertiary/aromatic N) is 2. The van der Waals surface area contributed by atoms with Crippen LogP contribution < -0.4 is 10.1 Å². The van der Waals surface area contributed by atoms with E-state index in [4.69, 9.17) is 4.74 Å². The van der Waals surface area contributed by atoms with Crippen LogP contribution in [0.3, 0.4) is 0 Å². The number of para-hydroxylation sites is 1. The summed E-state index contributed by atoms with van der Waals surface area (Å²) < 4.78 is 43.0. The minimum absolute atomic E-state index is 0.0997. The second-order valence-corrected chi connectivity index (χ2v) is 7.52. The lowest BCUT2D eigenvalue weighted by Gasteiger charge is -2.32. The average molecular weight is 435 g/mol. The number of benzene rings is 1. The van der Waals surface area contributed by atoms with Crippen molar-refractivity contribution in [3.63, 3.8) is 0 Å². The van der Waals surface area contributed by atoms with E-state index in [-0.39, 0.29) is 29.4 Å². The Balaban J connectivity index is 1.56. The Hall–Kier alpha value is -2.94. The first-order valence-electron chi connectivity index (χ1n) is 9.98. The molecule has 1 amide bonds. The van der Waals surface area contributed by atoms with E-state index in [1.54, 1.807) is 24.7 Å². The van der Waals surface area contributed by atoms with Crippen LogP contribution in [0.2, 0.25) is 0 Å². The molecule has 1 saturated heterocycles. The molecular formula is C22H24F3N3O3. The fourth-order valence-corrected chi connectivity index (χ4v) is 3.72. The molecule has 1 N–H and O–H groups in total. The van der Waals surface area contributed by atoms with E-state index < -0.39 is 12.1 Å². The molecule has 0 bridgehead atoms. The number of rotatable bonds is 7. The highest BCUT2D eigenvalue weighted by atomic mass is 19.4. The van der Waals surface area contributed by atoms with Crippen LogP contribution in [0.25, 0.3) is 0 Å². The third-order valence-electron chi connectivity index (χ3n) is 5.35. The van der Waals surface area contributed by atoms with E-state index >= 15 is 0 Å². The largest absolute Gasteiger partial charge is 0.481 e. The number of anilines is 1. The number of alkyl halides is 3. The summed E-state index contributed by atoms with van der Waals surface area (Å²) in [5, 5.41) is 1.80. The maximum absolute atomic E-state index is 12.8. The molecule has 0 radical (unpaired) electrons. The van der Waals surface area contributed by atoms with Gasteiger partial charge in [-0.05, 0) is 50.0 Å². The molecule has 0 aliphatic carbocycles. The minimum Gasteiger partial charge on any atom is -0.481 e. The number of aromatic nitrogens is 1. The van der Waals surface area contributed by atoms with Gasteiger partial charge in [-0.3, -0.25) is 14.5 Å². The smallest absolute Gasteiger partial charge is 0.471 e. The number of ether oxygens (including phenoxy) is 1. The van der Waals surface area contributed by atoms with Crippen LogP contribution >= 0.6 is 0 Å². The van der Waals surface area contributed by atoms with Gasteiger partial charge < -0.3 is 10.1 Å². The number of carbonyl (C=O) groups is 2. The van der Waals surface area contributed by atoms with Crippen LogP contribution in [0.4, 0.5) is 18.9 Å². The number of amides is 1. The molecule has 31 heavy (non-hydrogen) atoms. The first-order chi connectivity index (χ1) is 14.8. The Morgan fingerprint density at radius 2 is 1.87 bits per heavy atom. The quantitative estimate of drug-likeness (QED) is 0.664. The van der Waals surface area contributed by atoms with Gasteiger partial charge in [0.05, 0.1) is 12.8 Å². The first kappa shape index (κ1) is 22.7. The standard InChI is InChI=1S/C22H24F3N3O3/c1-31-20-16(5-4-10-26-20)14-28-11-8-15(9-12-28)13-19(29)17-6-2-3-7-18(17)27-21(30)22(23,24)25/h2-7,10,15H,8-9,11-14H2,1H3,(H,27,30). The zero-order valence-corrected chi connectivity index (χ0v) is 17.1. The monoisotopic (exact) mass is 435 g/mol. The van der Waals surface area contributed by atoms with Crippen LogP contribution in [0.1, 0.15) is 35.2 Å². The Kier molecular flexibility index (Phi) is 7.27.